The fourth-order valence-corrected chi connectivity index (χ4v) is 14.3. The molecular weight excluding hydrogens is 1180 g/mol. The molecule has 0 saturated heterocycles. The summed E-state index contributed by atoms with van der Waals surface area (Å²) in [7, 11) is 1.29. The van der Waals surface area contributed by atoms with Gasteiger partial charge in [0.25, 0.3) is 7.82 Å². The number of amides is 1. The number of phosphoric ester groups is 1. The molecule has 0 fully saturated rings. The molecule has 0 aliphatic heterocycles. The number of likely N-dealkylation sites (N-methyl/N-ethyl adjacent to an activating group) is 1. The van der Waals surface area contributed by atoms with Gasteiger partial charge < -0.3 is 28.8 Å². The van der Waals surface area contributed by atoms with Crippen molar-refractivity contribution >= 4 is 13.7 Å². The molecular formula is C85H169N2O6P. The van der Waals surface area contributed by atoms with Crippen LogP contribution in [0.4, 0.5) is 0 Å². The lowest BCUT2D eigenvalue weighted by Gasteiger charge is -2.29. The first-order valence-corrected chi connectivity index (χ1v) is 44.2. The Morgan fingerprint density at radius 1 is 0.362 bits per heavy atom. The SMILES string of the molecule is CCCCCCCCCC/C=C\CCCCCCCCCCCCCCCCCCCCCCCCCCCCCCCC(=O)NC(COP(=O)([O-])OCC[N+](C)(C)C)C(O)/C=C/CCCCCCCCCCCCCCCCCCCCCCCCCCCCCCC. The number of unbranched alkanes of at least 4 members (excludes halogenated alkanes) is 66. The van der Waals surface area contributed by atoms with Crippen molar-refractivity contribution in [2.24, 2.45) is 0 Å². The van der Waals surface area contributed by atoms with Crippen LogP contribution in [0.15, 0.2) is 24.3 Å². The van der Waals surface area contributed by atoms with Crippen molar-refractivity contribution in [3.05, 3.63) is 24.3 Å². The van der Waals surface area contributed by atoms with Gasteiger partial charge in [-0.3, -0.25) is 9.36 Å². The summed E-state index contributed by atoms with van der Waals surface area (Å²) in [4.78, 5) is 25.7. The van der Waals surface area contributed by atoms with Crippen molar-refractivity contribution in [2.75, 3.05) is 40.9 Å². The maximum Gasteiger partial charge on any atom is 0.268 e. The van der Waals surface area contributed by atoms with Crippen LogP contribution in [0.5, 0.6) is 0 Å². The first-order valence-electron chi connectivity index (χ1n) is 42.7. The van der Waals surface area contributed by atoms with Gasteiger partial charge in [-0.2, -0.15) is 0 Å². The number of rotatable bonds is 81. The average molecular weight is 1350 g/mol. The minimum atomic E-state index is -4.61. The quantitative estimate of drug-likeness (QED) is 0.0272. The molecule has 0 heterocycles. The van der Waals surface area contributed by atoms with E-state index in [4.69, 9.17) is 9.05 Å². The largest absolute Gasteiger partial charge is 0.756 e. The lowest BCUT2D eigenvalue weighted by Crippen LogP contribution is -2.45. The second-order valence-electron chi connectivity index (χ2n) is 30.9. The van der Waals surface area contributed by atoms with Gasteiger partial charge in [0, 0.05) is 6.42 Å². The van der Waals surface area contributed by atoms with Gasteiger partial charge >= 0.3 is 0 Å². The molecule has 0 aromatic heterocycles. The highest BCUT2D eigenvalue weighted by molar-refractivity contribution is 7.45. The highest BCUT2D eigenvalue weighted by Gasteiger charge is 2.23. The van der Waals surface area contributed by atoms with Gasteiger partial charge in [0.05, 0.1) is 39.9 Å². The molecule has 0 saturated carbocycles. The maximum absolute atomic E-state index is 13.1. The molecule has 9 heteroatoms. The second kappa shape index (κ2) is 76.2. The summed E-state index contributed by atoms with van der Waals surface area (Å²) in [5.74, 6) is -0.186. The van der Waals surface area contributed by atoms with E-state index in [9.17, 15) is 19.4 Å². The molecule has 94 heavy (non-hydrogen) atoms. The molecule has 560 valence electrons. The maximum atomic E-state index is 13.1. The van der Waals surface area contributed by atoms with Crippen LogP contribution in [0.2, 0.25) is 0 Å². The number of nitrogens with zero attached hydrogens (tertiary/aromatic N) is 1. The van der Waals surface area contributed by atoms with Gasteiger partial charge in [0.15, 0.2) is 0 Å². The first kappa shape index (κ1) is 93.0. The van der Waals surface area contributed by atoms with Crippen molar-refractivity contribution in [3.8, 4) is 0 Å². The number of nitrogens with one attached hydrogen (secondary N) is 1. The van der Waals surface area contributed by atoms with E-state index >= 15 is 0 Å². The number of aliphatic hydroxyl groups excluding tert-OH is 1. The Balaban J connectivity index is 3.88. The summed E-state index contributed by atoms with van der Waals surface area (Å²) in [6.07, 6.45) is 102. The van der Waals surface area contributed by atoms with Crippen LogP contribution in [0.25, 0.3) is 0 Å². The summed E-state index contributed by atoms with van der Waals surface area (Å²) in [6, 6.07) is -0.886. The Labute approximate surface area is 589 Å². The van der Waals surface area contributed by atoms with Gasteiger partial charge in [-0.05, 0) is 44.9 Å². The number of carbonyl (C=O) groups is 1. The van der Waals surface area contributed by atoms with Crippen LogP contribution in [-0.4, -0.2) is 68.5 Å². The van der Waals surface area contributed by atoms with Crippen LogP contribution < -0.4 is 10.2 Å². The fourth-order valence-electron chi connectivity index (χ4n) is 13.6. The molecule has 3 atom stereocenters. The molecule has 0 bridgehead atoms. The third-order valence-corrected chi connectivity index (χ3v) is 21.1. The number of hydrogen-bond donors (Lipinski definition) is 2. The summed E-state index contributed by atoms with van der Waals surface area (Å²) in [5.41, 5.74) is 0. The molecule has 1 amide bonds. The van der Waals surface area contributed by atoms with E-state index < -0.39 is 20.0 Å². The van der Waals surface area contributed by atoms with E-state index in [1.807, 2.05) is 27.2 Å². The highest BCUT2D eigenvalue weighted by atomic mass is 31.2. The molecule has 0 spiro atoms. The zero-order valence-corrected chi connectivity index (χ0v) is 65.4. The minimum Gasteiger partial charge on any atom is -0.756 e. The molecule has 2 N–H and O–H groups in total. The Bertz CT molecular complexity index is 1580. The lowest BCUT2D eigenvalue weighted by atomic mass is 10.0. The van der Waals surface area contributed by atoms with Crippen molar-refractivity contribution in [3.63, 3.8) is 0 Å². The normalized spacial score (nSPS) is 13.5. The lowest BCUT2D eigenvalue weighted by molar-refractivity contribution is -0.870. The summed E-state index contributed by atoms with van der Waals surface area (Å²) in [5, 5.41) is 14.0. The number of quaternary nitrogens is 1. The Hall–Kier alpha value is -1.02. The van der Waals surface area contributed by atoms with E-state index in [1.54, 1.807) is 6.08 Å². The van der Waals surface area contributed by atoms with Crippen LogP contribution in [-0.2, 0) is 18.4 Å². The molecule has 0 rings (SSSR count). The van der Waals surface area contributed by atoms with Crippen molar-refractivity contribution < 1.29 is 32.9 Å². The summed E-state index contributed by atoms with van der Waals surface area (Å²) >= 11 is 0. The average Bonchev–Trinajstić information content (AvgIpc) is 1.77. The van der Waals surface area contributed by atoms with Crippen molar-refractivity contribution in [1.29, 1.82) is 0 Å². The molecule has 0 radical (unpaired) electrons. The predicted octanol–water partition coefficient (Wildman–Crippen LogP) is 27.5. The zero-order chi connectivity index (χ0) is 68.3. The van der Waals surface area contributed by atoms with Crippen LogP contribution in [0.1, 0.15) is 463 Å². The number of aliphatic hydroxyl groups is 1. The third kappa shape index (κ3) is 78.3. The van der Waals surface area contributed by atoms with Crippen LogP contribution in [0, 0.1) is 0 Å². The van der Waals surface area contributed by atoms with Crippen molar-refractivity contribution in [2.45, 2.75) is 475 Å². The number of allylic oxidation sites excluding steroid dienone is 3. The zero-order valence-electron chi connectivity index (χ0n) is 64.5. The van der Waals surface area contributed by atoms with Crippen LogP contribution in [0.3, 0.4) is 0 Å². The molecule has 0 aromatic carbocycles. The number of hydrogen-bond acceptors (Lipinski definition) is 6. The standard InChI is InChI=1S/C85H169N2O6P/c1-6-8-10-12-14-16-18-20-22-24-26-28-30-32-34-36-38-39-40-41-42-43-44-45-46-47-49-51-53-55-57-59-61-63-65-67-69-71-73-75-77-79-85(89)86-83(82-93-94(90,91)92-81-80-87(3,4)5)84(88)78-76-74-72-70-68-66-64-62-60-58-56-54-52-50-48-37-35-33-31-29-27-25-23-21-19-17-15-13-11-9-7-2/h24,26,76,78,83-84,88H,6-23,25,27-75,77,79-82H2,1-5H3,(H-,86,89,90,91)/b26-24-,78-76+. The van der Waals surface area contributed by atoms with Gasteiger partial charge in [0.1, 0.15) is 13.2 Å². The summed E-state index contributed by atoms with van der Waals surface area (Å²) < 4.78 is 23.6. The third-order valence-electron chi connectivity index (χ3n) is 20.2. The van der Waals surface area contributed by atoms with Gasteiger partial charge in [-0.15, -0.1) is 0 Å². The topological polar surface area (TPSA) is 108 Å². The van der Waals surface area contributed by atoms with E-state index in [0.717, 1.165) is 38.5 Å². The monoisotopic (exact) mass is 1350 g/mol. The van der Waals surface area contributed by atoms with E-state index in [-0.39, 0.29) is 19.1 Å². The highest BCUT2D eigenvalue weighted by Crippen LogP contribution is 2.38. The minimum absolute atomic E-state index is 0.00262. The Morgan fingerprint density at radius 2 is 0.585 bits per heavy atom. The molecule has 0 aliphatic rings. The number of carbonyl (C=O) groups excluding carboxylic acids is 1. The first-order chi connectivity index (χ1) is 46.0. The molecule has 3 unspecified atom stereocenters. The van der Waals surface area contributed by atoms with E-state index in [1.165, 1.54) is 405 Å². The smallest absolute Gasteiger partial charge is 0.268 e. The van der Waals surface area contributed by atoms with Gasteiger partial charge in [-0.1, -0.05) is 436 Å². The second-order valence-corrected chi connectivity index (χ2v) is 32.3. The van der Waals surface area contributed by atoms with Gasteiger partial charge in [0.2, 0.25) is 5.91 Å². The Kier molecular flexibility index (Phi) is 75.3. The van der Waals surface area contributed by atoms with Gasteiger partial charge in [-0.25, -0.2) is 0 Å². The van der Waals surface area contributed by atoms with E-state index in [2.05, 4.69) is 31.3 Å². The number of phosphoric acid groups is 1. The van der Waals surface area contributed by atoms with E-state index in [0.29, 0.717) is 17.4 Å². The van der Waals surface area contributed by atoms with Crippen LogP contribution >= 0.6 is 7.82 Å². The predicted molar refractivity (Wildman–Crippen MR) is 413 cm³/mol. The summed E-state index contributed by atoms with van der Waals surface area (Å²) in [6.45, 7) is 4.73. The molecule has 8 nitrogen and oxygen atoms in total. The molecule has 0 aromatic rings. The van der Waals surface area contributed by atoms with Crippen molar-refractivity contribution in [1.82, 2.24) is 5.32 Å². The Morgan fingerprint density at radius 3 is 0.830 bits per heavy atom. The molecule has 0 aliphatic carbocycles. The fraction of sp³-hybridized carbons (Fsp3) is 0.941.